The molecule has 1 amide bonds. The zero-order chi connectivity index (χ0) is 30.1. The monoisotopic (exact) mass is 579 g/mol. The van der Waals surface area contributed by atoms with Gasteiger partial charge in [0.05, 0.1) is 37.4 Å². The van der Waals surface area contributed by atoms with Gasteiger partial charge >= 0.3 is 0 Å². The zero-order valence-electron chi connectivity index (χ0n) is 23.9. The number of aromatic nitrogens is 2. The van der Waals surface area contributed by atoms with Gasteiger partial charge in [-0.3, -0.25) is 9.59 Å². The predicted octanol–water partition coefficient (Wildman–Crippen LogP) is 4.25. The molecule has 10 nitrogen and oxygen atoms in total. The van der Waals surface area contributed by atoms with Gasteiger partial charge in [0.15, 0.2) is 0 Å². The minimum absolute atomic E-state index is 0.0418. The Bertz CT molecular complexity index is 1760. The molecule has 2 aromatic heterocycles. The molecule has 1 fully saturated rings. The molecule has 6 rings (SSSR count). The van der Waals surface area contributed by atoms with E-state index in [1.54, 1.807) is 48.6 Å². The van der Waals surface area contributed by atoms with Crippen molar-refractivity contribution in [3.8, 4) is 11.1 Å². The number of morpholine rings is 1. The maximum Gasteiger partial charge on any atom is 0.274 e. The molecule has 10 heteroatoms. The Morgan fingerprint density at radius 2 is 1.86 bits per heavy atom. The van der Waals surface area contributed by atoms with E-state index in [0.29, 0.717) is 71.2 Å². The SMILES string of the molecule is C=C(O)c1ccc2c(c1)CCN(c1cccc(-c3cc(Nc4ccc(N5CCOCC5)cn4)c(=O)n(C)c3)c1CO)C2=O. The quantitative estimate of drug-likeness (QED) is 0.278. The zero-order valence-corrected chi connectivity index (χ0v) is 23.9. The third kappa shape index (κ3) is 5.50. The highest BCUT2D eigenvalue weighted by molar-refractivity contribution is 6.09. The first-order valence-electron chi connectivity index (χ1n) is 14.2. The number of fused-ring (bicyclic) bond motifs is 1. The van der Waals surface area contributed by atoms with Crippen molar-refractivity contribution in [3.05, 3.63) is 106 Å². The van der Waals surface area contributed by atoms with E-state index in [9.17, 15) is 19.8 Å². The van der Waals surface area contributed by atoms with E-state index in [-0.39, 0.29) is 23.8 Å². The van der Waals surface area contributed by atoms with Crippen LogP contribution < -0.4 is 20.7 Å². The Morgan fingerprint density at radius 1 is 1.05 bits per heavy atom. The number of aryl methyl sites for hydroxylation is 1. The smallest absolute Gasteiger partial charge is 0.274 e. The number of hydrogen-bond donors (Lipinski definition) is 3. The Balaban J connectivity index is 1.31. The van der Waals surface area contributed by atoms with Crippen molar-refractivity contribution in [2.24, 2.45) is 7.05 Å². The summed E-state index contributed by atoms with van der Waals surface area (Å²) in [5, 5.41) is 23.5. The van der Waals surface area contributed by atoms with Crippen molar-refractivity contribution in [2.45, 2.75) is 13.0 Å². The molecule has 2 aliphatic heterocycles. The first-order chi connectivity index (χ1) is 20.8. The number of anilines is 4. The fraction of sp³-hybridized carbons (Fsp3) is 0.242. The molecule has 220 valence electrons. The van der Waals surface area contributed by atoms with Crippen LogP contribution in [0.15, 0.2) is 78.4 Å². The third-order valence-electron chi connectivity index (χ3n) is 8.00. The van der Waals surface area contributed by atoms with Gasteiger partial charge in [-0.1, -0.05) is 24.8 Å². The first-order valence-corrected chi connectivity index (χ1v) is 14.2. The molecule has 0 aliphatic carbocycles. The molecule has 4 aromatic rings. The summed E-state index contributed by atoms with van der Waals surface area (Å²) < 4.78 is 6.92. The molecular formula is C33H33N5O5. The van der Waals surface area contributed by atoms with E-state index >= 15 is 0 Å². The Labute approximate surface area is 249 Å². The number of rotatable bonds is 7. The lowest BCUT2D eigenvalue weighted by molar-refractivity contribution is 0.0980. The minimum atomic E-state index is -0.304. The molecule has 2 aliphatic rings. The summed E-state index contributed by atoms with van der Waals surface area (Å²) in [6.07, 6.45) is 4.09. The number of benzene rings is 2. The van der Waals surface area contributed by atoms with Crippen LogP contribution in [0.3, 0.4) is 0 Å². The molecule has 0 unspecified atom stereocenters. The van der Waals surface area contributed by atoms with Crippen molar-refractivity contribution in [2.75, 3.05) is 48.0 Å². The van der Waals surface area contributed by atoms with Gasteiger partial charge < -0.3 is 34.6 Å². The van der Waals surface area contributed by atoms with Gasteiger partial charge in [-0.15, -0.1) is 0 Å². The van der Waals surface area contributed by atoms with Gasteiger partial charge in [0.1, 0.15) is 17.3 Å². The molecule has 0 saturated carbocycles. The van der Waals surface area contributed by atoms with Crippen LogP contribution in [0.1, 0.15) is 27.0 Å². The molecule has 0 spiro atoms. The number of aliphatic hydroxyl groups excluding tert-OH is 2. The molecular weight excluding hydrogens is 546 g/mol. The van der Waals surface area contributed by atoms with Crippen LogP contribution in [0.5, 0.6) is 0 Å². The van der Waals surface area contributed by atoms with Crippen molar-refractivity contribution >= 4 is 34.5 Å². The van der Waals surface area contributed by atoms with E-state index in [1.165, 1.54) is 4.57 Å². The highest BCUT2D eigenvalue weighted by Gasteiger charge is 2.28. The van der Waals surface area contributed by atoms with Crippen LogP contribution in [-0.4, -0.2) is 58.5 Å². The molecule has 43 heavy (non-hydrogen) atoms. The van der Waals surface area contributed by atoms with Gasteiger partial charge in [0.25, 0.3) is 11.5 Å². The predicted molar refractivity (Wildman–Crippen MR) is 167 cm³/mol. The molecule has 4 heterocycles. The van der Waals surface area contributed by atoms with Gasteiger partial charge in [-0.25, -0.2) is 4.98 Å². The maximum atomic E-state index is 13.6. The fourth-order valence-corrected chi connectivity index (χ4v) is 5.72. The Morgan fingerprint density at radius 3 is 2.58 bits per heavy atom. The summed E-state index contributed by atoms with van der Waals surface area (Å²) in [7, 11) is 1.68. The largest absolute Gasteiger partial charge is 0.508 e. The van der Waals surface area contributed by atoms with Gasteiger partial charge in [0, 0.05) is 55.1 Å². The van der Waals surface area contributed by atoms with Crippen molar-refractivity contribution < 1.29 is 19.7 Å². The number of aliphatic hydroxyl groups is 2. The number of carbonyl (C=O) groups excluding carboxylic acids is 1. The lowest BCUT2D eigenvalue weighted by Crippen LogP contribution is -2.38. The lowest BCUT2D eigenvalue weighted by Gasteiger charge is -2.31. The molecule has 3 N–H and O–H groups in total. The number of ether oxygens (including phenoxy) is 1. The maximum absolute atomic E-state index is 13.6. The number of hydrogen-bond acceptors (Lipinski definition) is 8. The number of nitrogens with one attached hydrogen (secondary N) is 1. The van der Waals surface area contributed by atoms with Crippen molar-refractivity contribution in [1.29, 1.82) is 0 Å². The van der Waals surface area contributed by atoms with Crippen LogP contribution in [0.2, 0.25) is 0 Å². The summed E-state index contributed by atoms with van der Waals surface area (Å²) in [6, 6.07) is 16.3. The highest BCUT2D eigenvalue weighted by Crippen LogP contribution is 2.35. The van der Waals surface area contributed by atoms with Crippen LogP contribution in [0.25, 0.3) is 16.9 Å². The Kier molecular flexibility index (Phi) is 7.71. The molecule has 0 atom stereocenters. The van der Waals surface area contributed by atoms with Crippen LogP contribution in [0.4, 0.5) is 22.9 Å². The topological polar surface area (TPSA) is 120 Å². The van der Waals surface area contributed by atoms with Crippen molar-refractivity contribution in [3.63, 3.8) is 0 Å². The second-order valence-corrected chi connectivity index (χ2v) is 10.7. The average Bonchev–Trinajstić information content (AvgIpc) is 3.03. The number of amides is 1. The van der Waals surface area contributed by atoms with Crippen molar-refractivity contribution in [1.82, 2.24) is 9.55 Å². The van der Waals surface area contributed by atoms with E-state index < -0.39 is 0 Å². The Hall–Kier alpha value is -4.93. The van der Waals surface area contributed by atoms with Crippen LogP contribution in [-0.2, 0) is 24.8 Å². The third-order valence-corrected chi connectivity index (χ3v) is 8.00. The standard InChI is InChI=1S/C33H33N5O5/c1-21(40)22-6-8-27-23(16-22)10-11-38(32(27)41)30-5-3-4-26(28(30)20-39)24-17-29(33(42)36(2)19-24)35-31-9-7-25(18-34-31)37-12-14-43-15-13-37/h3-9,16-19,39-40H,1,10-15,20H2,2H3,(H,34,35). The van der Waals surface area contributed by atoms with Gasteiger partial charge in [0.2, 0.25) is 0 Å². The van der Waals surface area contributed by atoms with Crippen LogP contribution >= 0.6 is 0 Å². The summed E-state index contributed by atoms with van der Waals surface area (Å²) in [6.45, 7) is 6.66. The van der Waals surface area contributed by atoms with Gasteiger partial charge in [-0.05, 0) is 53.9 Å². The number of nitrogens with zero attached hydrogens (tertiary/aromatic N) is 4. The highest BCUT2D eigenvalue weighted by atomic mass is 16.5. The average molecular weight is 580 g/mol. The molecule has 1 saturated heterocycles. The number of pyridine rings is 2. The number of carbonyl (C=O) groups is 1. The molecule has 0 radical (unpaired) electrons. The second kappa shape index (κ2) is 11.7. The fourth-order valence-electron chi connectivity index (χ4n) is 5.72. The molecule has 0 bridgehead atoms. The normalized spacial score (nSPS) is 14.9. The van der Waals surface area contributed by atoms with E-state index in [2.05, 4.69) is 21.8 Å². The summed E-state index contributed by atoms with van der Waals surface area (Å²) in [4.78, 5) is 35.1. The van der Waals surface area contributed by atoms with Gasteiger partial charge in [-0.2, -0.15) is 0 Å². The first kappa shape index (κ1) is 28.2. The van der Waals surface area contributed by atoms with E-state index in [0.717, 1.165) is 24.3 Å². The second-order valence-electron chi connectivity index (χ2n) is 10.7. The van der Waals surface area contributed by atoms with E-state index in [1.807, 2.05) is 30.3 Å². The summed E-state index contributed by atoms with van der Waals surface area (Å²) in [5.41, 5.74) is 5.68. The molecule has 2 aromatic carbocycles. The summed E-state index contributed by atoms with van der Waals surface area (Å²) >= 11 is 0. The minimum Gasteiger partial charge on any atom is -0.508 e. The lowest BCUT2D eigenvalue weighted by atomic mass is 9.93. The summed E-state index contributed by atoms with van der Waals surface area (Å²) in [5.74, 6) is 0.311. The van der Waals surface area contributed by atoms with Crippen LogP contribution in [0, 0.1) is 0 Å². The van der Waals surface area contributed by atoms with E-state index in [4.69, 9.17) is 4.74 Å².